The van der Waals surface area contributed by atoms with E-state index in [2.05, 4.69) is 25.9 Å². The van der Waals surface area contributed by atoms with Crippen LogP contribution in [-0.4, -0.2) is 41.7 Å². The number of rotatable bonds is 4. The van der Waals surface area contributed by atoms with E-state index in [9.17, 15) is 14.4 Å². The summed E-state index contributed by atoms with van der Waals surface area (Å²) < 4.78 is 0. The summed E-state index contributed by atoms with van der Waals surface area (Å²) in [5.41, 5.74) is 1.06. The lowest BCUT2D eigenvalue weighted by Gasteiger charge is -2.11. The average Bonchev–Trinajstić information content (AvgIpc) is 3.00. The number of nitrogens with zero attached hydrogens (tertiary/aromatic N) is 2. The summed E-state index contributed by atoms with van der Waals surface area (Å²) in [6.07, 6.45) is 3.25. The fourth-order valence-corrected chi connectivity index (χ4v) is 3.83. The zero-order valence-corrected chi connectivity index (χ0v) is 15.3. The molecule has 9 heteroatoms. The number of urea groups is 1. The Kier molecular flexibility index (Phi) is 5.27. The monoisotopic (exact) mass is 373 g/mol. The number of carbonyl (C=O) groups is 3. The quantitative estimate of drug-likeness (QED) is 0.431. The molecule has 2 heterocycles. The predicted octanol–water partition coefficient (Wildman–Crippen LogP) is 2.35. The van der Waals surface area contributed by atoms with Crippen molar-refractivity contribution in [3.63, 3.8) is 0 Å². The van der Waals surface area contributed by atoms with Crippen LogP contribution in [0.15, 0.2) is 18.3 Å². The van der Waals surface area contributed by atoms with E-state index in [0.717, 1.165) is 11.3 Å². The van der Waals surface area contributed by atoms with Crippen LogP contribution in [0, 0.1) is 5.92 Å². The second kappa shape index (κ2) is 7.61. The van der Waals surface area contributed by atoms with Crippen LogP contribution < -0.4 is 16.0 Å². The first-order valence-corrected chi connectivity index (χ1v) is 9.05. The van der Waals surface area contributed by atoms with Crippen molar-refractivity contribution in [2.24, 2.45) is 5.92 Å². The van der Waals surface area contributed by atoms with Gasteiger partial charge in [0.05, 0.1) is 16.5 Å². The number of carbonyl (C=O) groups excluding carboxylic acids is 3. The highest BCUT2D eigenvalue weighted by molar-refractivity contribution is 7.17. The molecule has 8 nitrogen and oxygen atoms in total. The molecular formula is C17H19N5O3S. The summed E-state index contributed by atoms with van der Waals surface area (Å²) in [5.74, 6) is -0.551. The van der Waals surface area contributed by atoms with Crippen molar-refractivity contribution in [1.29, 1.82) is 0 Å². The number of thiazole rings is 1. The summed E-state index contributed by atoms with van der Waals surface area (Å²) in [7, 11) is 3.25. The minimum atomic E-state index is -0.744. The standard InChI is InChI=1S/C17H19N5O3S/c1-18-12-7-6-9(8-20-12)13(23)10-4-3-5-11-15(14(10)24)26-17(21-11)22-16(25)19-2/h6-8,10H,3-5H2,1-2H3,(H,18,20)(H2,19,21,22,25). The van der Waals surface area contributed by atoms with Gasteiger partial charge in [-0.1, -0.05) is 11.3 Å². The third kappa shape index (κ3) is 3.57. The molecule has 3 N–H and O–H groups in total. The fourth-order valence-electron chi connectivity index (χ4n) is 2.83. The number of anilines is 2. The number of nitrogens with one attached hydrogen (secondary N) is 3. The van der Waals surface area contributed by atoms with Crippen molar-refractivity contribution in [3.05, 3.63) is 34.5 Å². The van der Waals surface area contributed by atoms with Gasteiger partial charge in [0, 0.05) is 25.9 Å². The molecule has 1 aliphatic carbocycles. The predicted molar refractivity (Wildman–Crippen MR) is 99.1 cm³/mol. The second-order valence-corrected chi connectivity index (χ2v) is 6.85. The molecule has 2 aromatic rings. The first kappa shape index (κ1) is 18.0. The summed E-state index contributed by atoms with van der Waals surface area (Å²) in [6.45, 7) is 0. The van der Waals surface area contributed by atoms with Gasteiger partial charge in [-0.25, -0.2) is 14.8 Å². The number of pyridine rings is 1. The largest absolute Gasteiger partial charge is 0.373 e. The molecule has 2 aromatic heterocycles. The Labute approximate surface area is 154 Å². The van der Waals surface area contributed by atoms with Gasteiger partial charge in [0.2, 0.25) is 0 Å². The summed E-state index contributed by atoms with van der Waals surface area (Å²) in [5, 5.41) is 8.27. The summed E-state index contributed by atoms with van der Waals surface area (Å²) >= 11 is 1.11. The lowest BCUT2D eigenvalue weighted by molar-refractivity contribution is 0.0803. The summed E-state index contributed by atoms with van der Waals surface area (Å²) in [6, 6.07) is 2.98. The number of aryl methyl sites for hydroxylation is 1. The Hall–Kier alpha value is -2.81. The smallest absolute Gasteiger partial charge is 0.320 e. The molecule has 1 aliphatic rings. The van der Waals surface area contributed by atoms with Gasteiger partial charge in [0.15, 0.2) is 16.7 Å². The van der Waals surface area contributed by atoms with Crippen molar-refractivity contribution < 1.29 is 14.4 Å². The molecular weight excluding hydrogens is 354 g/mol. The molecule has 1 unspecified atom stereocenters. The zero-order chi connectivity index (χ0) is 18.7. The molecule has 0 radical (unpaired) electrons. The highest BCUT2D eigenvalue weighted by Crippen LogP contribution is 2.32. The maximum Gasteiger partial charge on any atom is 0.320 e. The molecule has 0 aromatic carbocycles. The van der Waals surface area contributed by atoms with Gasteiger partial charge in [0.25, 0.3) is 0 Å². The molecule has 26 heavy (non-hydrogen) atoms. The molecule has 1 atom stereocenters. The van der Waals surface area contributed by atoms with Crippen molar-refractivity contribution in [3.8, 4) is 0 Å². The fraction of sp³-hybridized carbons (Fsp3) is 0.353. The second-order valence-electron chi connectivity index (χ2n) is 5.85. The van der Waals surface area contributed by atoms with Crippen molar-refractivity contribution >= 4 is 39.9 Å². The molecule has 0 saturated heterocycles. The first-order chi connectivity index (χ1) is 12.5. The van der Waals surface area contributed by atoms with Crippen molar-refractivity contribution in [2.75, 3.05) is 24.7 Å². The molecule has 0 aliphatic heterocycles. The number of fused-ring (bicyclic) bond motifs is 1. The Morgan fingerprint density at radius 3 is 2.73 bits per heavy atom. The van der Waals surface area contributed by atoms with Crippen molar-refractivity contribution in [2.45, 2.75) is 19.3 Å². The Morgan fingerprint density at radius 2 is 2.08 bits per heavy atom. The minimum absolute atomic E-state index is 0.229. The van der Waals surface area contributed by atoms with E-state index in [1.54, 1.807) is 19.2 Å². The van der Waals surface area contributed by atoms with Crippen LogP contribution >= 0.6 is 11.3 Å². The van der Waals surface area contributed by atoms with Gasteiger partial charge < -0.3 is 10.6 Å². The normalized spacial score (nSPS) is 16.4. The third-order valence-electron chi connectivity index (χ3n) is 4.21. The maximum absolute atomic E-state index is 12.9. The van der Waals surface area contributed by atoms with Gasteiger partial charge in [-0.2, -0.15) is 0 Å². The van der Waals surface area contributed by atoms with E-state index in [4.69, 9.17) is 0 Å². The molecule has 0 fully saturated rings. The number of Topliss-reactive ketones (excluding diaryl/α,β-unsaturated/α-hetero) is 2. The number of ketones is 2. The van der Waals surface area contributed by atoms with Gasteiger partial charge in [-0.3, -0.25) is 14.9 Å². The van der Waals surface area contributed by atoms with E-state index >= 15 is 0 Å². The lowest BCUT2D eigenvalue weighted by Crippen LogP contribution is -2.24. The van der Waals surface area contributed by atoms with Gasteiger partial charge in [-0.15, -0.1) is 0 Å². The first-order valence-electron chi connectivity index (χ1n) is 8.24. The van der Waals surface area contributed by atoms with Crippen LogP contribution in [0.4, 0.5) is 15.7 Å². The SMILES string of the molecule is CNC(=O)Nc1nc2c(s1)C(=O)C(C(=O)c1ccc(NC)nc1)CCC2. The van der Waals surface area contributed by atoms with Gasteiger partial charge >= 0.3 is 6.03 Å². The third-order valence-corrected chi connectivity index (χ3v) is 5.24. The van der Waals surface area contributed by atoms with Crippen LogP contribution in [0.25, 0.3) is 0 Å². The van der Waals surface area contributed by atoms with Gasteiger partial charge in [0.1, 0.15) is 5.82 Å². The lowest BCUT2D eigenvalue weighted by atomic mass is 9.91. The zero-order valence-electron chi connectivity index (χ0n) is 14.5. The summed E-state index contributed by atoms with van der Waals surface area (Å²) in [4.78, 5) is 46.1. The van der Waals surface area contributed by atoms with Crippen LogP contribution in [0.3, 0.4) is 0 Å². The molecule has 0 saturated carbocycles. The van der Waals surface area contributed by atoms with Crippen molar-refractivity contribution in [1.82, 2.24) is 15.3 Å². The van der Waals surface area contributed by atoms with Crippen LogP contribution in [0.5, 0.6) is 0 Å². The highest BCUT2D eigenvalue weighted by Gasteiger charge is 2.34. The average molecular weight is 373 g/mol. The van der Waals surface area contributed by atoms with E-state index in [1.165, 1.54) is 13.2 Å². The van der Waals surface area contributed by atoms with E-state index < -0.39 is 11.9 Å². The molecule has 3 rings (SSSR count). The number of amides is 2. The van der Waals surface area contributed by atoms with E-state index in [0.29, 0.717) is 46.3 Å². The highest BCUT2D eigenvalue weighted by atomic mass is 32.1. The number of aromatic nitrogens is 2. The Bertz CT molecular complexity index is 847. The molecule has 0 bridgehead atoms. The maximum atomic E-state index is 12.9. The van der Waals surface area contributed by atoms with Gasteiger partial charge in [-0.05, 0) is 31.4 Å². The number of hydrogen-bond donors (Lipinski definition) is 3. The number of hydrogen-bond acceptors (Lipinski definition) is 7. The minimum Gasteiger partial charge on any atom is -0.373 e. The Balaban J connectivity index is 1.84. The van der Waals surface area contributed by atoms with Crippen LogP contribution in [0.2, 0.25) is 0 Å². The van der Waals surface area contributed by atoms with Crippen LogP contribution in [0.1, 0.15) is 38.6 Å². The molecule has 0 spiro atoms. The Morgan fingerprint density at radius 1 is 1.27 bits per heavy atom. The molecule has 2 amide bonds. The van der Waals surface area contributed by atoms with E-state index in [1.807, 2.05) is 0 Å². The topological polar surface area (TPSA) is 113 Å². The van der Waals surface area contributed by atoms with E-state index in [-0.39, 0.29) is 11.6 Å². The molecule has 136 valence electrons. The van der Waals surface area contributed by atoms with Crippen LogP contribution in [-0.2, 0) is 6.42 Å².